The molecule has 0 amide bonds. The van der Waals surface area contributed by atoms with Gasteiger partial charge >= 0.3 is 5.97 Å². The molecular formula is C16H23NO3. The van der Waals surface area contributed by atoms with Crippen molar-refractivity contribution in [2.75, 3.05) is 18.5 Å². The number of anilines is 1. The van der Waals surface area contributed by atoms with Crippen LogP contribution < -0.4 is 5.32 Å². The second-order valence-corrected chi connectivity index (χ2v) is 5.47. The molecule has 0 saturated heterocycles. The van der Waals surface area contributed by atoms with Gasteiger partial charge in [0.05, 0.1) is 18.1 Å². The average Bonchev–Trinajstić information content (AvgIpc) is 2.47. The Labute approximate surface area is 120 Å². The van der Waals surface area contributed by atoms with Crippen molar-refractivity contribution in [3.8, 4) is 0 Å². The third-order valence-corrected chi connectivity index (χ3v) is 3.93. The van der Waals surface area contributed by atoms with E-state index in [4.69, 9.17) is 4.74 Å². The van der Waals surface area contributed by atoms with Gasteiger partial charge in [0.15, 0.2) is 0 Å². The minimum atomic E-state index is -0.723. The maximum atomic E-state index is 11.7. The number of ether oxygens (including phenoxy) is 1. The molecule has 1 fully saturated rings. The molecule has 110 valence electrons. The second-order valence-electron chi connectivity index (χ2n) is 5.47. The molecule has 1 aromatic rings. The molecule has 0 atom stereocenters. The quantitative estimate of drug-likeness (QED) is 0.812. The van der Waals surface area contributed by atoms with Gasteiger partial charge in [-0.3, -0.25) is 4.79 Å². The van der Waals surface area contributed by atoms with Crippen molar-refractivity contribution < 1.29 is 14.6 Å². The van der Waals surface area contributed by atoms with Gasteiger partial charge in [0.25, 0.3) is 0 Å². The van der Waals surface area contributed by atoms with Crippen LogP contribution >= 0.6 is 0 Å². The summed E-state index contributed by atoms with van der Waals surface area (Å²) < 4.78 is 5.04. The van der Waals surface area contributed by atoms with E-state index in [2.05, 4.69) is 5.32 Å². The van der Waals surface area contributed by atoms with E-state index in [1.807, 2.05) is 37.3 Å². The van der Waals surface area contributed by atoms with E-state index in [1.165, 1.54) is 0 Å². The minimum absolute atomic E-state index is 0.0491. The van der Waals surface area contributed by atoms with Gasteiger partial charge in [-0.25, -0.2) is 0 Å². The number of para-hydroxylation sites is 1. The summed E-state index contributed by atoms with van der Waals surface area (Å²) in [7, 11) is 0. The highest BCUT2D eigenvalue weighted by atomic mass is 16.5. The van der Waals surface area contributed by atoms with Gasteiger partial charge in [-0.2, -0.15) is 0 Å². The van der Waals surface area contributed by atoms with Gasteiger partial charge in [0.1, 0.15) is 0 Å². The fraction of sp³-hybridized carbons (Fsp3) is 0.562. The summed E-state index contributed by atoms with van der Waals surface area (Å²) in [5.41, 5.74) is 0.284. The lowest BCUT2D eigenvalue weighted by atomic mass is 9.78. The highest BCUT2D eigenvalue weighted by Gasteiger charge is 2.36. The lowest BCUT2D eigenvalue weighted by Crippen LogP contribution is -2.42. The molecule has 0 radical (unpaired) electrons. The first-order valence-corrected chi connectivity index (χ1v) is 7.31. The molecule has 4 heteroatoms. The maximum Gasteiger partial charge on any atom is 0.308 e. The Morgan fingerprint density at radius 1 is 1.35 bits per heavy atom. The fourth-order valence-corrected chi connectivity index (χ4v) is 2.65. The first-order valence-electron chi connectivity index (χ1n) is 7.31. The van der Waals surface area contributed by atoms with Crippen molar-refractivity contribution in [1.82, 2.24) is 0 Å². The smallest absolute Gasteiger partial charge is 0.308 e. The molecule has 2 N–H and O–H groups in total. The lowest BCUT2D eigenvalue weighted by molar-refractivity contribution is -0.150. The van der Waals surface area contributed by atoms with Crippen LogP contribution in [-0.2, 0) is 9.53 Å². The van der Waals surface area contributed by atoms with E-state index in [9.17, 15) is 9.90 Å². The number of esters is 1. The zero-order chi connectivity index (χ0) is 14.4. The van der Waals surface area contributed by atoms with E-state index in [-0.39, 0.29) is 11.9 Å². The first-order chi connectivity index (χ1) is 9.63. The molecule has 0 spiro atoms. The number of rotatable bonds is 5. The van der Waals surface area contributed by atoms with Gasteiger partial charge in [-0.1, -0.05) is 18.2 Å². The van der Waals surface area contributed by atoms with Crippen molar-refractivity contribution in [1.29, 1.82) is 0 Å². The third-order valence-electron chi connectivity index (χ3n) is 3.93. The van der Waals surface area contributed by atoms with Crippen LogP contribution in [0, 0.1) is 5.92 Å². The summed E-state index contributed by atoms with van der Waals surface area (Å²) in [5, 5.41) is 13.8. The van der Waals surface area contributed by atoms with E-state index in [0.717, 1.165) is 5.69 Å². The van der Waals surface area contributed by atoms with Crippen molar-refractivity contribution in [2.45, 2.75) is 38.2 Å². The van der Waals surface area contributed by atoms with Crippen LogP contribution in [0.15, 0.2) is 30.3 Å². The molecule has 0 bridgehead atoms. The number of carbonyl (C=O) groups is 1. The molecule has 20 heavy (non-hydrogen) atoms. The Morgan fingerprint density at radius 3 is 2.60 bits per heavy atom. The van der Waals surface area contributed by atoms with Crippen LogP contribution in [0.5, 0.6) is 0 Å². The summed E-state index contributed by atoms with van der Waals surface area (Å²) in [6, 6.07) is 9.85. The molecule has 0 aliphatic heterocycles. The highest BCUT2D eigenvalue weighted by molar-refractivity contribution is 5.72. The van der Waals surface area contributed by atoms with Crippen molar-refractivity contribution >= 4 is 11.7 Å². The number of hydrogen-bond donors (Lipinski definition) is 2. The lowest BCUT2D eigenvalue weighted by Gasteiger charge is -2.35. The molecule has 2 rings (SSSR count). The van der Waals surface area contributed by atoms with Crippen molar-refractivity contribution in [2.24, 2.45) is 5.92 Å². The van der Waals surface area contributed by atoms with E-state index >= 15 is 0 Å². The van der Waals surface area contributed by atoms with E-state index in [0.29, 0.717) is 38.8 Å². The summed E-state index contributed by atoms with van der Waals surface area (Å²) in [4.78, 5) is 11.7. The molecule has 4 nitrogen and oxygen atoms in total. The summed E-state index contributed by atoms with van der Waals surface area (Å²) in [5.74, 6) is -0.169. The predicted octanol–water partition coefficient (Wildman–Crippen LogP) is 2.58. The van der Waals surface area contributed by atoms with Crippen molar-refractivity contribution in [3.05, 3.63) is 30.3 Å². The monoisotopic (exact) mass is 277 g/mol. The van der Waals surface area contributed by atoms with Crippen LogP contribution in [0.4, 0.5) is 5.69 Å². The largest absolute Gasteiger partial charge is 0.466 e. The Hall–Kier alpha value is -1.55. The zero-order valence-corrected chi connectivity index (χ0v) is 12.0. The molecule has 1 aliphatic carbocycles. The van der Waals surface area contributed by atoms with Crippen LogP contribution in [0.3, 0.4) is 0 Å². The third kappa shape index (κ3) is 3.97. The standard InChI is InChI=1S/C16H23NO3/c1-2-20-15(18)13-8-10-16(19,11-9-13)12-17-14-6-4-3-5-7-14/h3-7,13,17,19H,2,8-12H2,1H3. The van der Waals surface area contributed by atoms with Crippen LogP contribution in [0.1, 0.15) is 32.6 Å². The Morgan fingerprint density at radius 2 is 2.00 bits per heavy atom. The molecule has 0 unspecified atom stereocenters. The van der Waals surface area contributed by atoms with E-state index < -0.39 is 5.60 Å². The van der Waals surface area contributed by atoms with Gasteiger partial charge in [-0.15, -0.1) is 0 Å². The Bertz CT molecular complexity index is 425. The SMILES string of the molecule is CCOC(=O)C1CCC(O)(CNc2ccccc2)CC1. The van der Waals surface area contributed by atoms with Gasteiger partial charge in [-0.05, 0) is 44.7 Å². The van der Waals surface area contributed by atoms with Crippen LogP contribution in [0.25, 0.3) is 0 Å². The molecule has 1 aliphatic rings. The summed E-state index contributed by atoms with van der Waals surface area (Å²) in [6.07, 6.45) is 2.67. The first kappa shape index (κ1) is 14.9. The van der Waals surface area contributed by atoms with Crippen LogP contribution in [-0.4, -0.2) is 29.8 Å². The topological polar surface area (TPSA) is 58.6 Å². The predicted molar refractivity (Wildman–Crippen MR) is 78.5 cm³/mol. The second kappa shape index (κ2) is 6.75. The molecule has 0 aromatic heterocycles. The maximum absolute atomic E-state index is 11.7. The number of aliphatic hydroxyl groups is 1. The van der Waals surface area contributed by atoms with E-state index in [1.54, 1.807) is 0 Å². The van der Waals surface area contributed by atoms with Gasteiger partial charge < -0.3 is 15.2 Å². The minimum Gasteiger partial charge on any atom is -0.466 e. The van der Waals surface area contributed by atoms with Gasteiger partial charge in [0.2, 0.25) is 0 Å². The van der Waals surface area contributed by atoms with Gasteiger partial charge in [0, 0.05) is 12.2 Å². The molecule has 0 heterocycles. The number of benzene rings is 1. The molecule has 1 aromatic carbocycles. The number of nitrogens with one attached hydrogen (secondary N) is 1. The number of carbonyl (C=O) groups excluding carboxylic acids is 1. The molecule has 1 saturated carbocycles. The molecular weight excluding hydrogens is 254 g/mol. The van der Waals surface area contributed by atoms with Crippen molar-refractivity contribution in [3.63, 3.8) is 0 Å². The Balaban J connectivity index is 1.81. The zero-order valence-electron chi connectivity index (χ0n) is 12.0. The summed E-state index contributed by atoms with van der Waals surface area (Å²) in [6.45, 7) is 2.77. The van der Waals surface area contributed by atoms with Crippen LogP contribution in [0.2, 0.25) is 0 Å². The normalized spacial score (nSPS) is 26.0. The summed E-state index contributed by atoms with van der Waals surface area (Å²) >= 11 is 0. The highest BCUT2D eigenvalue weighted by Crippen LogP contribution is 2.33. The average molecular weight is 277 g/mol. The Kier molecular flexibility index (Phi) is 5.01. The number of hydrogen-bond acceptors (Lipinski definition) is 4. The fourth-order valence-electron chi connectivity index (χ4n) is 2.65.